The molecule has 3 nitrogen and oxygen atoms in total. The summed E-state index contributed by atoms with van der Waals surface area (Å²) in [6.45, 7) is 3.98. The maximum Gasteiger partial charge on any atom is 0.338 e. The van der Waals surface area contributed by atoms with E-state index in [9.17, 15) is 9.90 Å². The molecule has 2 aromatic carbocycles. The van der Waals surface area contributed by atoms with Crippen molar-refractivity contribution in [3.8, 4) is 5.75 Å². The Balaban J connectivity index is 2.05. The van der Waals surface area contributed by atoms with Crippen LogP contribution in [0, 0.1) is 13.8 Å². The number of aryl methyl sites for hydroxylation is 2. The van der Waals surface area contributed by atoms with Gasteiger partial charge in [0.2, 0.25) is 0 Å². The highest BCUT2D eigenvalue weighted by Crippen LogP contribution is 2.18. The Bertz CT molecular complexity index is 603. The van der Waals surface area contributed by atoms with Crippen molar-refractivity contribution in [3.05, 3.63) is 64.7 Å². The van der Waals surface area contributed by atoms with E-state index in [1.54, 1.807) is 19.1 Å². The molecule has 0 unspecified atom stereocenters. The molecule has 0 fully saturated rings. The molecule has 1 N–H and O–H groups in total. The van der Waals surface area contributed by atoms with Crippen LogP contribution in [0.2, 0.25) is 0 Å². The fourth-order valence-electron chi connectivity index (χ4n) is 1.74. The first kappa shape index (κ1) is 13.1. The molecule has 19 heavy (non-hydrogen) atoms. The van der Waals surface area contributed by atoms with E-state index in [4.69, 9.17) is 4.74 Å². The predicted octanol–water partition coefficient (Wildman–Crippen LogP) is 3.37. The maximum atomic E-state index is 11.9. The van der Waals surface area contributed by atoms with E-state index in [-0.39, 0.29) is 12.4 Å². The van der Waals surface area contributed by atoms with Crippen LogP contribution in [0.1, 0.15) is 27.0 Å². The highest BCUT2D eigenvalue weighted by molar-refractivity contribution is 5.90. The first-order valence-electron chi connectivity index (χ1n) is 6.09. The highest BCUT2D eigenvalue weighted by atomic mass is 16.5. The van der Waals surface area contributed by atoms with Crippen LogP contribution in [0.3, 0.4) is 0 Å². The lowest BCUT2D eigenvalue weighted by molar-refractivity contribution is 0.0471. The van der Waals surface area contributed by atoms with Crippen molar-refractivity contribution in [2.75, 3.05) is 0 Å². The number of carbonyl (C=O) groups is 1. The summed E-state index contributed by atoms with van der Waals surface area (Å²) in [5.74, 6) is -0.330. The number of ether oxygens (including phenoxy) is 1. The van der Waals surface area contributed by atoms with E-state index >= 15 is 0 Å². The summed E-state index contributed by atoms with van der Waals surface area (Å²) in [4.78, 5) is 11.9. The Hall–Kier alpha value is -2.29. The lowest BCUT2D eigenvalue weighted by Crippen LogP contribution is -2.06. The first-order valence-corrected chi connectivity index (χ1v) is 6.09. The van der Waals surface area contributed by atoms with Gasteiger partial charge in [-0.1, -0.05) is 30.3 Å². The second-order valence-corrected chi connectivity index (χ2v) is 4.50. The van der Waals surface area contributed by atoms with E-state index in [2.05, 4.69) is 0 Å². The number of hydrogen-bond donors (Lipinski definition) is 1. The molecule has 0 amide bonds. The zero-order chi connectivity index (χ0) is 13.8. The van der Waals surface area contributed by atoms with Gasteiger partial charge in [0.05, 0.1) is 5.56 Å². The van der Waals surface area contributed by atoms with E-state index < -0.39 is 5.97 Å². The molecule has 2 rings (SSSR count). The summed E-state index contributed by atoms with van der Waals surface area (Å²) in [6, 6.07) is 12.5. The molecule has 2 aromatic rings. The lowest BCUT2D eigenvalue weighted by atomic mass is 10.1. The molecule has 98 valence electrons. The molecule has 0 bridgehead atoms. The molecule has 0 aliphatic rings. The number of benzene rings is 2. The largest absolute Gasteiger partial charge is 0.508 e. The van der Waals surface area contributed by atoms with Gasteiger partial charge in [-0.2, -0.15) is 0 Å². The molecule has 3 heteroatoms. The molecule has 0 aliphatic heterocycles. The molecular weight excluding hydrogens is 240 g/mol. The number of phenolic OH excluding ortho intramolecular Hbond substituents is 1. The molecular formula is C16H16O3. The number of esters is 1. The van der Waals surface area contributed by atoms with E-state index in [0.717, 1.165) is 16.7 Å². The minimum atomic E-state index is -0.432. The van der Waals surface area contributed by atoms with Gasteiger partial charge in [-0.05, 0) is 42.7 Å². The Morgan fingerprint density at radius 3 is 2.53 bits per heavy atom. The number of rotatable bonds is 3. The molecule has 0 radical (unpaired) electrons. The van der Waals surface area contributed by atoms with Gasteiger partial charge in [0.25, 0.3) is 0 Å². The first-order chi connectivity index (χ1) is 9.08. The molecule has 0 saturated carbocycles. The van der Waals surface area contributed by atoms with Gasteiger partial charge in [-0.15, -0.1) is 0 Å². The van der Waals surface area contributed by atoms with Gasteiger partial charge in [0.15, 0.2) is 0 Å². The third-order valence-corrected chi connectivity index (χ3v) is 3.06. The lowest BCUT2D eigenvalue weighted by Gasteiger charge is -2.08. The Labute approximate surface area is 112 Å². The Kier molecular flexibility index (Phi) is 3.85. The van der Waals surface area contributed by atoms with Crippen molar-refractivity contribution < 1.29 is 14.6 Å². The third-order valence-electron chi connectivity index (χ3n) is 3.06. The van der Waals surface area contributed by atoms with Gasteiger partial charge in [-0.3, -0.25) is 0 Å². The Morgan fingerprint density at radius 2 is 1.84 bits per heavy atom. The van der Waals surface area contributed by atoms with Crippen molar-refractivity contribution in [2.24, 2.45) is 0 Å². The van der Waals surface area contributed by atoms with Crippen LogP contribution >= 0.6 is 0 Å². The van der Waals surface area contributed by atoms with E-state index in [0.29, 0.717) is 5.56 Å². The fraction of sp³-hybridized carbons (Fsp3) is 0.188. The van der Waals surface area contributed by atoms with Crippen LogP contribution in [-0.2, 0) is 11.3 Å². The number of carbonyl (C=O) groups excluding carboxylic acids is 1. The van der Waals surface area contributed by atoms with Crippen LogP contribution in [0.4, 0.5) is 0 Å². The quantitative estimate of drug-likeness (QED) is 0.856. The van der Waals surface area contributed by atoms with Crippen LogP contribution < -0.4 is 0 Å². The molecule has 0 aromatic heterocycles. The average Bonchev–Trinajstić information content (AvgIpc) is 2.40. The number of aromatic hydroxyl groups is 1. The molecule has 0 heterocycles. The van der Waals surface area contributed by atoms with Crippen molar-refractivity contribution >= 4 is 5.97 Å². The third kappa shape index (κ3) is 3.13. The van der Waals surface area contributed by atoms with Gasteiger partial charge >= 0.3 is 5.97 Å². The van der Waals surface area contributed by atoms with E-state index in [1.165, 1.54) is 6.07 Å². The summed E-state index contributed by atoms with van der Waals surface area (Å²) in [6.07, 6.45) is 0. The summed E-state index contributed by atoms with van der Waals surface area (Å²) >= 11 is 0. The van der Waals surface area contributed by atoms with Crippen LogP contribution in [0.25, 0.3) is 0 Å². The molecule has 0 saturated heterocycles. The van der Waals surface area contributed by atoms with Crippen molar-refractivity contribution in [1.82, 2.24) is 0 Å². The van der Waals surface area contributed by atoms with Gasteiger partial charge < -0.3 is 9.84 Å². The zero-order valence-electron chi connectivity index (χ0n) is 11.0. The van der Waals surface area contributed by atoms with Crippen molar-refractivity contribution in [2.45, 2.75) is 20.5 Å². The predicted molar refractivity (Wildman–Crippen MR) is 73.1 cm³/mol. The van der Waals surface area contributed by atoms with Crippen molar-refractivity contribution in [3.63, 3.8) is 0 Å². The highest BCUT2D eigenvalue weighted by Gasteiger charge is 2.09. The molecule has 0 atom stereocenters. The fourth-order valence-corrected chi connectivity index (χ4v) is 1.74. The SMILES string of the molecule is Cc1ccc(C(=O)OCc2ccccc2C)cc1O. The van der Waals surface area contributed by atoms with E-state index in [1.807, 2.05) is 31.2 Å². The summed E-state index contributed by atoms with van der Waals surface area (Å²) in [7, 11) is 0. The summed E-state index contributed by atoms with van der Waals surface area (Å²) < 4.78 is 5.24. The van der Waals surface area contributed by atoms with Crippen LogP contribution in [0.5, 0.6) is 5.75 Å². The normalized spacial score (nSPS) is 10.2. The second kappa shape index (κ2) is 5.57. The second-order valence-electron chi connectivity index (χ2n) is 4.50. The summed E-state index contributed by atoms with van der Waals surface area (Å²) in [5, 5.41) is 9.57. The molecule has 0 spiro atoms. The van der Waals surface area contributed by atoms with Gasteiger partial charge in [0.1, 0.15) is 12.4 Å². The number of phenols is 1. The topological polar surface area (TPSA) is 46.5 Å². The number of hydrogen-bond acceptors (Lipinski definition) is 3. The van der Waals surface area contributed by atoms with Crippen LogP contribution in [-0.4, -0.2) is 11.1 Å². The zero-order valence-corrected chi connectivity index (χ0v) is 11.0. The average molecular weight is 256 g/mol. The Morgan fingerprint density at radius 1 is 1.11 bits per heavy atom. The minimum Gasteiger partial charge on any atom is -0.508 e. The summed E-state index contributed by atoms with van der Waals surface area (Å²) in [5.41, 5.74) is 3.15. The van der Waals surface area contributed by atoms with Crippen molar-refractivity contribution in [1.29, 1.82) is 0 Å². The standard InChI is InChI=1S/C16H16O3/c1-11-5-3-4-6-14(11)10-19-16(18)13-8-7-12(2)15(17)9-13/h3-9,17H,10H2,1-2H3. The van der Waals surface area contributed by atoms with Crippen LogP contribution in [0.15, 0.2) is 42.5 Å². The van der Waals surface area contributed by atoms with Gasteiger partial charge in [-0.25, -0.2) is 4.79 Å². The smallest absolute Gasteiger partial charge is 0.338 e. The minimum absolute atomic E-state index is 0.102. The molecule has 0 aliphatic carbocycles. The monoisotopic (exact) mass is 256 g/mol. The van der Waals surface area contributed by atoms with Gasteiger partial charge in [0, 0.05) is 0 Å². The maximum absolute atomic E-state index is 11.9.